The molecular formula is C27H28F2N6O3. The minimum absolute atomic E-state index is 0.0202. The number of aromatic nitrogens is 3. The van der Waals surface area contributed by atoms with Crippen LogP contribution in [0.3, 0.4) is 0 Å². The number of carbonyl (C=O) groups is 2. The van der Waals surface area contributed by atoms with Crippen LogP contribution in [0, 0.1) is 0 Å². The minimum atomic E-state index is -2.89. The Morgan fingerprint density at radius 3 is 2.58 bits per heavy atom. The van der Waals surface area contributed by atoms with Gasteiger partial charge in [0.05, 0.1) is 5.69 Å². The maximum Gasteiger partial charge on any atom is 0.354 e. The summed E-state index contributed by atoms with van der Waals surface area (Å²) < 4.78 is 26.9. The first-order chi connectivity index (χ1) is 18.1. The highest BCUT2D eigenvalue weighted by Crippen LogP contribution is 2.31. The molecule has 2 atom stereocenters. The van der Waals surface area contributed by atoms with Gasteiger partial charge >= 0.3 is 5.97 Å². The van der Waals surface area contributed by atoms with Gasteiger partial charge in [-0.25, -0.2) is 28.5 Å². The number of amides is 1. The van der Waals surface area contributed by atoms with E-state index in [9.17, 15) is 23.5 Å². The second kappa shape index (κ2) is 10.1. The summed E-state index contributed by atoms with van der Waals surface area (Å²) in [6.07, 6.45) is 4.71. The number of nitrogens with one attached hydrogen (secondary N) is 1. The van der Waals surface area contributed by atoms with Crippen LogP contribution in [-0.4, -0.2) is 60.4 Å². The van der Waals surface area contributed by atoms with Crippen molar-refractivity contribution in [2.45, 2.75) is 57.8 Å². The lowest BCUT2D eigenvalue weighted by atomic mass is 9.96. The van der Waals surface area contributed by atoms with E-state index in [1.807, 2.05) is 6.92 Å². The van der Waals surface area contributed by atoms with E-state index in [2.05, 4.69) is 25.2 Å². The Labute approximate surface area is 218 Å². The van der Waals surface area contributed by atoms with E-state index in [-0.39, 0.29) is 29.2 Å². The number of hydrogen-bond acceptors (Lipinski definition) is 7. The van der Waals surface area contributed by atoms with E-state index in [0.717, 1.165) is 31.0 Å². The molecule has 38 heavy (non-hydrogen) atoms. The number of carboxylic acid groups (broad SMARTS) is 1. The number of carboxylic acids is 1. The lowest BCUT2D eigenvalue weighted by Crippen LogP contribution is -2.50. The Morgan fingerprint density at radius 1 is 1.13 bits per heavy atom. The minimum Gasteiger partial charge on any atom is -0.477 e. The van der Waals surface area contributed by atoms with Crippen LogP contribution < -0.4 is 5.32 Å². The summed E-state index contributed by atoms with van der Waals surface area (Å²) in [5.41, 5.74) is 2.71. The topological polar surface area (TPSA) is 112 Å². The average Bonchev–Trinajstić information content (AvgIpc) is 3.32. The van der Waals surface area contributed by atoms with E-state index >= 15 is 0 Å². The third-order valence-electron chi connectivity index (χ3n) is 7.18. The van der Waals surface area contributed by atoms with E-state index < -0.39 is 11.9 Å². The van der Waals surface area contributed by atoms with E-state index in [4.69, 9.17) is 0 Å². The monoisotopic (exact) mass is 522 g/mol. The number of anilines is 2. The third kappa shape index (κ3) is 5.33. The number of alkyl halides is 2. The summed E-state index contributed by atoms with van der Waals surface area (Å²) in [6.45, 7) is 4.81. The van der Waals surface area contributed by atoms with Crippen LogP contribution in [0.2, 0.25) is 0 Å². The fourth-order valence-corrected chi connectivity index (χ4v) is 5.10. The summed E-state index contributed by atoms with van der Waals surface area (Å²) >= 11 is 0. The van der Waals surface area contributed by atoms with Crippen molar-refractivity contribution in [3.05, 3.63) is 76.9 Å². The molecule has 4 heterocycles. The number of halogens is 2. The van der Waals surface area contributed by atoms with Crippen LogP contribution in [-0.2, 0) is 19.0 Å². The normalized spacial score (nSPS) is 19.7. The van der Waals surface area contributed by atoms with E-state index in [1.54, 1.807) is 29.3 Å². The molecule has 198 valence electrons. The zero-order valence-corrected chi connectivity index (χ0v) is 21.1. The van der Waals surface area contributed by atoms with Crippen molar-refractivity contribution >= 4 is 23.5 Å². The van der Waals surface area contributed by atoms with Crippen molar-refractivity contribution in [2.24, 2.45) is 0 Å². The first-order valence-corrected chi connectivity index (χ1v) is 12.4. The molecule has 1 fully saturated rings. The first kappa shape index (κ1) is 25.7. The maximum absolute atomic E-state index is 13.5. The van der Waals surface area contributed by atoms with Gasteiger partial charge in [-0.05, 0) is 44.0 Å². The molecule has 0 unspecified atom stereocenters. The molecule has 0 bridgehead atoms. The van der Waals surface area contributed by atoms with Gasteiger partial charge < -0.3 is 15.3 Å². The van der Waals surface area contributed by atoms with Crippen LogP contribution in [0.25, 0.3) is 0 Å². The standard InChI is InChI=1S/C27H28F2N6O3/c1-16-11-21(8-10-35(16)24(36)17-7-9-30-22(12-17)25(37)38)34-14-18-13-31-26(33-23(18)15-34)32-20-5-3-19(4-6-20)27(2,28)29/h3-7,9,12-13,16,21H,8,10-11,14-15H2,1-2H3,(H,37,38)(H,31,32,33)/t16-,21-/m1/s1. The number of nitrogens with zero attached hydrogens (tertiary/aromatic N) is 5. The number of carbonyl (C=O) groups excluding carboxylic acids is 1. The van der Waals surface area contributed by atoms with Crippen LogP contribution >= 0.6 is 0 Å². The van der Waals surface area contributed by atoms with E-state index in [1.165, 1.54) is 24.4 Å². The Morgan fingerprint density at radius 2 is 1.89 bits per heavy atom. The SMILES string of the molecule is C[C@@H]1C[C@H](N2Cc3cnc(Nc4ccc(C(C)(F)F)cc4)nc3C2)CCN1C(=O)c1ccnc(C(=O)O)c1. The third-order valence-corrected chi connectivity index (χ3v) is 7.18. The van der Waals surface area contributed by atoms with Crippen molar-refractivity contribution < 1.29 is 23.5 Å². The largest absolute Gasteiger partial charge is 0.477 e. The quantitative estimate of drug-likeness (QED) is 0.489. The number of likely N-dealkylation sites (tertiary alicyclic amines) is 1. The Balaban J connectivity index is 1.20. The molecule has 1 saturated heterocycles. The molecule has 0 spiro atoms. The number of aromatic carboxylic acids is 1. The molecule has 2 aliphatic rings. The summed E-state index contributed by atoms with van der Waals surface area (Å²) in [5, 5.41) is 12.3. The van der Waals surface area contributed by atoms with Gasteiger partial charge in [0.2, 0.25) is 5.95 Å². The van der Waals surface area contributed by atoms with Crippen LogP contribution in [0.4, 0.5) is 20.4 Å². The molecule has 2 aliphatic heterocycles. The van der Waals surface area contributed by atoms with E-state index in [0.29, 0.717) is 36.8 Å². The molecule has 3 aromatic rings. The Kier molecular flexibility index (Phi) is 6.78. The summed E-state index contributed by atoms with van der Waals surface area (Å²) in [7, 11) is 0. The fourth-order valence-electron chi connectivity index (χ4n) is 5.10. The number of piperidine rings is 1. The highest BCUT2D eigenvalue weighted by molar-refractivity contribution is 5.96. The van der Waals surface area contributed by atoms with Gasteiger partial charge in [0, 0.05) is 73.4 Å². The number of pyridine rings is 1. The molecule has 11 heteroatoms. The average molecular weight is 523 g/mol. The number of rotatable bonds is 6. The van der Waals surface area contributed by atoms with Crippen LogP contribution in [0.5, 0.6) is 0 Å². The summed E-state index contributed by atoms with van der Waals surface area (Å²) in [6, 6.07) is 9.04. The molecular weight excluding hydrogens is 494 g/mol. The summed E-state index contributed by atoms with van der Waals surface area (Å²) in [4.78, 5) is 41.3. The predicted molar refractivity (Wildman–Crippen MR) is 135 cm³/mol. The predicted octanol–water partition coefficient (Wildman–Crippen LogP) is 4.43. The number of fused-ring (bicyclic) bond motifs is 1. The van der Waals surface area contributed by atoms with Crippen molar-refractivity contribution in [3.63, 3.8) is 0 Å². The maximum atomic E-state index is 13.5. The van der Waals surface area contributed by atoms with Gasteiger partial charge in [0.25, 0.3) is 11.8 Å². The van der Waals surface area contributed by atoms with Gasteiger partial charge in [-0.2, -0.15) is 0 Å². The number of benzene rings is 1. The molecule has 0 aliphatic carbocycles. The van der Waals surface area contributed by atoms with Crippen molar-refractivity contribution in [3.8, 4) is 0 Å². The molecule has 0 radical (unpaired) electrons. The molecule has 1 aromatic carbocycles. The lowest BCUT2D eigenvalue weighted by Gasteiger charge is -2.41. The fraction of sp³-hybridized carbons (Fsp3) is 0.370. The van der Waals surface area contributed by atoms with Gasteiger partial charge in [-0.1, -0.05) is 12.1 Å². The zero-order chi connectivity index (χ0) is 27.0. The van der Waals surface area contributed by atoms with Crippen molar-refractivity contribution in [1.29, 1.82) is 0 Å². The molecule has 2 N–H and O–H groups in total. The molecule has 1 amide bonds. The van der Waals surface area contributed by atoms with Gasteiger partial charge in [-0.15, -0.1) is 0 Å². The van der Waals surface area contributed by atoms with Gasteiger partial charge in [-0.3, -0.25) is 9.69 Å². The van der Waals surface area contributed by atoms with Crippen molar-refractivity contribution in [1.82, 2.24) is 24.8 Å². The van der Waals surface area contributed by atoms with Gasteiger partial charge in [0.15, 0.2) is 0 Å². The summed E-state index contributed by atoms with van der Waals surface area (Å²) in [5.74, 6) is -3.84. The first-order valence-electron chi connectivity index (χ1n) is 12.4. The Bertz CT molecular complexity index is 1360. The van der Waals surface area contributed by atoms with Crippen LogP contribution in [0.15, 0.2) is 48.8 Å². The molecule has 5 rings (SSSR count). The number of hydrogen-bond donors (Lipinski definition) is 2. The molecule has 0 saturated carbocycles. The second-order valence-electron chi connectivity index (χ2n) is 9.92. The zero-order valence-electron chi connectivity index (χ0n) is 21.1. The highest BCUT2D eigenvalue weighted by Gasteiger charge is 2.35. The smallest absolute Gasteiger partial charge is 0.354 e. The highest BCUT2D eigenvalue weighted by atomic mass is 19.3. The Hall–Kier alpha value is -3.99. The second-order valence-corrected chi connectivity index (χ2v) is 9.92. The lowest BCUT2D eigenvalue weighted by molar-refractivity contribution is 0.0174. The van der Waals surface area contributed by atoms with Crippen LogP contribution in [0.1, 0.15) is 64.4 Å². The van der Waals surface area contributed by atoms with Gasteiger partial charge in [0.1, 0.15) is 5.69 Å². The molecule has 9 nitrogen and oxygen atoms in total. The molecule has 2 aromatic heterocycles. The van der Waals surface area contributed by atoms with Crippen molar-refractivity contribution in [2.75, 3.05) is 11.9 Å².